The van der Waals surface area contributed by atoms with E-state index in [1.807, 2.05) is 7.05 Å². The molecule has 1 aromatic rings. The zero-order valence-corrected chi connectivity index (χ0v) is 18.8. The molecule has 1 spiro atoms. The molecule has 3 rings (SSSR count). The normalized spacial score (nSPS) is 22.6. The second-order valence-corrected chi connectivity index (χ2v) is 7.57. The molecule has 1 N–H and O–H groups in total. The van der Waals surface area contributed by atoms with E-state index < -0.39 is 0 Å². The van der Waals surface area contributed by atoms with E-state index in [0.29, 0.717) is 27.8 Å². The van der Waals surface area contributed by atoms with Crippen molar-refractivity contribution in [2.24, 2.45) is 10.4 Å². The van der Waals surface area contributed by atoms with Crippen LogP contribution in [0.5, 0.6) is 5.75 Å². The number of rotatable bonds is 5. The lowest BCUT2D eigenvalue weighted by molar-refractivity contribution is 0.156. The Balaban J connectivity index is 0.00000243. The summed E-state index contributed by atoms with van der Waals surface area (Å²) in [5, 5.41) is 4.58. The standard InChI is InChI=1S/C18H25Cl2N3O2.HI/c1-21-17(23-8-5-18(12-23)6-10-24-13-18)22-7-2-9-25-16-4-3-14(19)11-15(16)20;/h3-4,11H,2,5-10,12-13H2,1H3,(H,21,22);1H. The zero-order chi connectivity index (χ0) is 17.7. The van der Waals surface area contributed by atoms with Crippen LogP contribution in [-0.4, -0.2) is 57.4 Å². The molecule has 26 heavy (non-hydrogen) atoms. The van der Waals surface area contributed by atoms with Crippen LogP contribution < -0.4 is 10.1 Å². The molecule has 1 atom stereocenters. The molecular formula is C18H26Cl2IN3O2. The average molecular weight is 514 g/mol. The first-order valence-electron chi connectivity index (χ1n) is 8.73. The van der Waals surface area contributed by atoms with Gasteiger partial charge in [-0.1, -0.05) is 23.2 Å². The molecule has 2 aliphatic heterocycles. The van der Waals surface area contributed by atoms with Gasteiger partial charge in [-0.3, -0.25) is 4.99 Å². The van der Waals surface area contributed by atoms with E-state index in [0.717, 1.165) is 51.6 Å². The fraction of sp³-hybridized carbons (Fsp3) is 0.611. The minimum atomic E-state index is 0. The molecular weight excluding hydrogens is 488 g/mol. The van der Waals surface area contributed by atoms with Gasteiger partial charge in [0.05, 0.1) is 18.2 Å². The zero-order valence-electron chi connectivity index (χ0n) is 15.0. The maximum Gasteiger partial charge on any atom is 0.193 e. The molecule has 0 amide bonds. The van der Waals surface area contributed by atoms with E-state index in [2.05, 4.69) is 15.2 Å². The third-order valence-corrected chi connectivity index (χ3v) is 5.42. The van der Waals surface area contributed by atoms with Crippen LogP contribution in [-0.2, 0) is 4.74 Å². The van der Waals surface area contributed by atoms with Crippen molar-refractivity contribution in [3.8, 4) is 5.75 Å². The minimum absolute atomic E-state index is 0. The van der Waals surface area contributed by atoms with Crippen LogP contribution in [0.3, 0.4) is 0 Å². The van der Waals surface area contributed by atoms with E-state index in [9.17, 15) is 0 Å². The first-order chi connectivity index (χ1) is 12.1. The van der Waals surface area contributed by atoms with Gasteiger partial charge in [-0.2, -0.15) is 0 Å². The molecule has 0 bridgehead atoms. The van der Waals surface area contributed by atoms with Gasteiger partial charge < -0.3 is 19.7 Å². The highest BCUT2D eigenvalue weighted by Crippen LogP contribution is 2.38. The molecule has 2 aliphatic rings. The van der Waals surface area contributed by atoms with Crippen molar-refractivity contribution in [3.63, 3.8) is 0 Å². The van der Waals surface area contributed by atoms with Gasteiger partial charge in [0.15, 0.2) is 5.96 Å². The lowest BCUT2D eigenvalue weighted by atomic mass is 9.87. The first-order valence-corrected chi connectivity index (χ1v) is 9.49. The summed E-state index contributed by atoms with van der Waals surface area (Å²) in [5.41, 5.74) is 0.339. The summed E-state index contributed by atoms with van der Waals surface area (Å²) in [4.78, 5) is 6.76. The van der Waals surface area contributed by atoms with E-state index >= 15 is 0 Å². The van der Waals surface area contributed by atoms with E-state index in [-0.39, 0.29) is 24.0 Å². The van der Waals surface area contributed by atoms with Gasteiger partial charge >= 0.3 is 0 Å². The highest BCUT2D eigenvalue weighted by Gasteiger charge is 2.42. The van der Waals surface area contributed by atoms with Crippen LogP contribution in [0.1, 0.15) is 19.3 Å². The summed E-state index contributed by atoms with van der Waals surface area (Å²) in [6.45, 7) is 5.24. The Morgan fingerprint density at radius 1 is 1.38 bits per heavy atom. The number of nitrogens with zero attached hydrogens (tertiary/aromatic N) is 2. The van der Waals surface area contributed by atoms with Gasteiger partial charge in [-0.15, -0.1) is 24.0 Å². The first kappa shape index (κ1) is 21.9. The molecule has 1 aromatic carbocycles. The van der Waals surface area contributed by atoms with Crippen LogP contribution >= 0.6 is 47.2 Å². The maximum atomic E-state index is 6.10. The van der Waals surface area contributed by atoms with Gasteiger partial charge in [0, 0.05) is 43.7 Å². The highest BCUT2D eigenvalue weighted by atomic mass is 127. The van der Waals surface area contributed by atoms with Crippen LogP contribution in [0.25, 0.3) is 0 Å². The molecule has 2 fully saturated rings. The number of benzene rings is 1. The molecule has 146 valence electrons. The second kappa shape index (κ2) is 10.2. The van der Waals surface area contributed by atoms with Crippen LogP contribution in [0, 0.1) is 5.41 Å². The largest absolute Gasteiger partial charge is 0.492 e. The third-order valence-electron chi connectivity index (χ3n) is 4.89. The van der Waals surface area contributed by atoms with Crippen LogP contribution in [0.2, 0.25) is 10.0 Å². The van der Waals surface area contributed by atoms with Crippen molar-refractivity contribution in [1.29, 1.82) is 0 Å². The summed E-state index contributed by atoms with van der Waals surface area (Å²) >= 11 is 12.0. The molecule has 2 saturated heterocycles. The molecule has 0 aromatic heterocycles. The Hall–Kier alpha value is -0.440. The summed E-state index contributed by atoms with van der Waals surface area (Å²) in [6.07, 6.45) is 3.21. The number of guanidine groups is 1. The van der Waals surface area contributed by atoms with Crippen molar-refractivity contribution in [3.05, 3.63) is 28.2 Å². The van der Waals surface area contributed by atoms with Crippen molar-refractivity contribution in [1.82, 2.24) is 10.2 Å². The Bertz CT molecular complexity index is 624. The monoisotopic (exact) mass is 513 g/mol. The van der Waals surface area contributed by atoms with Crippen LogP contribution in [0.15, 0.2) is 23.2 Å². The molecule has 8 heteroatoms. The minimum Gasteiger partial charge on any atom is -0.492 e. The van der Waals surface area contributed by atoms with Gasteiger partial charge in [-0.25, -0.2) is 0 Å². The molecule has 0 radical (unpaired) electrons. The van der Waals surface area contributed by atoms with E-state index in [1.165, 1.54) is 6.42 Å². The number of likely N-dealkylation sites (tertiary alicyclic amines) is 1. The van der Waals surface area contributed by atoms with Gasteiger partial charge in [0.1, 0.15) is 5.75 Å². The molecule has 2 heterocycles. The fourth-order valence-electron chi connectivity index (χ4n) is 3.47. The number of aliphatic imine (C=N–C) groups is 1. The Labute approximate surface area is 182 Å². The van der Waals surface area contributed by atoms with Gasteiger partial charge in [0.2, 0.25) is 0 Å². The van der Waals surface area contributed by atoms with E-state index in [1.54, 1.807) is 18.2 Å². The van der Waals surface area contributed by atoms with E-state index in [4.69, 9.17) is 32.7 Å². The number of ether oxygens (including phenoxy) is 2. The maximum absolute atomic E-state index is 6.10. The topological polar surface area (TPSA) is 46.1 Å². The second-order valence-electron chi connectivity index (χ2n) is 6.72. The fourth-order valence-corrected chi connectivity index (χ4v) is 3.93. The summed E-state index contributed by atoms with van der Waals surface area (Å²) in [6, 6.07) is 5.26. The number of hydrogen-bond donors (Lipinski definition) is 1. The lowest BCUT2D eigenvalue weighted by Gasteiger charge is -2.25. The summed E-state index contributed by atoms with van der Waals surface area (Å²) in [7, 11) is 1.84. The molecule has 1 unspecified atom stereocenters. The third kappa shape index (κ3) is 5.53. The smallest absolute Gasteiger partial charge is 0.193 e. The molecule has 5 nitrogen and oxygen atoms in total. The predicted molar refractivity (Wildman–Crippen MR) is 117 cm³/mol. The van der Waals surface area contributed by atoms with Crippen LogP contribution in [0.4, 0.5) is 0 Å². The number of halogens is 3. The number of hydrogen-bond acceptors (Lipinski definition) is 3. The van der Waals surface area contributed by atoms with Crippen molar-refractivity contribution < 1.29 is 9.47 Å². The SMILES string of the molecule is CN=C(NCCCOc1ccc(Cl)cc1Cl)N1CCC2(CCOC2)C1.I. The molecule has 0 aliphatic carbocycles. The quantitative estimate of drug-likeness (QED) is 0.279. The summed E-state index contributed by atoms with van der Waals surface area (Å²) in [5.74, 6) is 1.63. The van der Waals surface area contributed by atoms with Crippen molar-refractivity contribution in [2.75, 3.05) is 46.5 Å². The lowest BCUT2D eigenvalue weighted by Crippen LogP contribution is -2.42. The Kier molecular flexibility index (Phi) is 8.57. The Morgan fingerprint density at radius 2 is 2.23 bits per heavy atom. The summed E-state index contributed by atoms with van der Waals surface area (Å²) < 4.78 is 11.3. The molecule has 0 saturated carbocycles. The predicted octanol–water partition coefficient (Wildman–Crippen LogP) is 4.07. The average Bonchev–Trinajstić information content (AvgIpc) is 3.23. The van der Waals surface area contributed by atoms with Gasteiger partial charge in [0.25, 0.3) is 0 Å². The van der Waals surface area contributed by atoms with Crippen molar-refractivity contribution in [2.45, 2.75) is 19.3 Å². The van der Waals surface area contributed by atoms with Crippen molar-refractivity contribution >= 4 is 53.1 Å². The highest BCUT2D eigenvalue weighted by molar-refractivity contribution is 14.0. The Morgan fingerprint density at radius 3 is 2.92 bits per heavy atom. The van der Waals surface area contributed by atoms with Gasteiger partial charge in [-0.05, 0) is 37.5 Å². The number of nitrogens with one attached hydrogen (secondary N) is 1.